The van der Waals surface area contributed by atoms with Crippen LogP contribution in [0, 0.1) is 16.7 Å². The molecule has 0 aliphatic heterocycles. The van der Waals surface area contributed by atoms with Crippen molar-refractivity contribution in [2.45, 2.75) is 39.7 Å². The first-order valence-corrected chi connectivity index (χ1v) is 5.66. The van der Waals surface area contributed by atoms with Crippen LogP contribution in [0.25, 0.3) is 0 Å². The Bertz CT molecular complexity index is 266. The van der Waals surface area contributed by atoms with Crippen LogP contribution in [0.5, 0.6) is 0 Å². The van der Waals surface area contributed by atoms with Crippen molar-refractivity contribution >= 4 is 5.91 Å². The van der Waals surface area contributed by atoms with Crippen molar-refractivity contribution in [3.8, 4) is 6.07 Å². The van der Waals surface area contributed by atoms with Crippen molar-refractivity contribution in [3.63, 3.8) is 0 Å². The quantitative estimate of drug-likeness (QED) is 0.695. The molecule has 0 saturated carbocycles. The molecule has 1 atom stereocenters. The summed E-state index contributed by atoms with van der Waals surface area (Å²) in [6.07, 6.45) is 1.75. The molecular weight excluding hydrogens is 202 g/mol. The highest BCUT2D eigenvalue weighted by Gasteiger charge is 2.17. The number of hydrogen-bond acceptors (Lipinski definition) is 3. The maximum Gasteiger partial charge on any atom is 0.238 e. The van der Waals surface area contributed by atoms with Gasteiger partial charge >= 0.3 is 0 Å². The second-order valence-corrected chi connectivity index (χ2v) is 5.01. The molecule has 0 aliphatic carbocycles. The van der Waals surface area contributed by atoms with E-state index in [1.807, 2.05) is 20.8 Å². The van der Waals surface area contributed by atoms with E-state index < -0.39 is 0 Å². The number of rotatable bonds is 6. The van der Waals surface area contributed by atoms with E-state index >= 15 is 0 Å². The second-order valence-electron chi connectivity index (χ2n) is 5.01. The molecule has 0 saturated heterocycles. The molecule has 0 spiro atoms. The van der Waals surface area contributed by atoms with Gasteiger partial charge in [0.2, 0.25) is 5.91 Å². The first kappa shape index (κ1) is 14.9. The Hall–Kier alpha value is -1.08. The minimum Gasteiger partial charge on any atom is -0.347 e. The standard InChI is InChI=1S/C12H23N3O/c1-10(11(16)15(4)5)14-8-6-7-12(2,3)9-13/h10,14H,6-8H2,1-5H3. The molecule has 0 fully saturated rings. The Labute approximate surface area is 98.6 Å². The summed E-state index contributed by atoms with van der Waals surface area (Å²) in [4.78, 5) is 13.1. The highest BCUT2D eigenvalue weighted by atomic mass is 16.2. The topological polar surface area (TPSA) is 56.1 Å². The number of carbonyl (C=O) groups excluding carboxylic acids is 1. The molecule has 1 unspecified atom stereocenters. The van der Waals surface area contributed by atoms with Gasteiger partial charge in [0, 0.05) is 14.1 Å². The van der Waals surface area contributed by atoms with Crippen LogP contribution < -0.4 is 5.32 Å². The largest absolute Gasteiger partial charge is 0.347 e. The van der Waals surface area contributed by atoms with E-state index in [-0.39, 0.29) is 17.4 Å². The summed E-state index contributed by atoms with van der Waals surface area (Å²) in [5, 5.41) is 12.0. The normalized spacial score (nSPS) is 13.0. The number of nitrogens with zero attached hydrogens (tertiary/aromatic N) is 2. The molecule has 0 bridgehead atoms. The van der Waals surface area contributed by atoms with E-state index in [0.29, 0.717) is 0 Å². The molecule has 0 aromatic heterocycles. The average Bonchev–Trinajstić information content (AvgIpc) is 2.22. The minimum atomic E-state index is -0.267. The van der Waals surface area contributed by atoms with Crippen molar-refractivity contribution in [2.75, 3.05) is 20.6 Å². The van der Waals surface area contributed by atoms with E-state index in [0.717, 1.165) is 19.4 Å². The van der Waals surface area contributed by atoms with Gasteiger partial charge in [-0.1, -0.05) is 0 Å². The number of nitrogens with one attached hydrogen (secondary N) is 1. The Kier molecular flexibility index (Phi) is 6.05. The van der Waals surface area contributed by atoms with Gasteiger partial charge in [0.05, 0.1) is 17.5 Å². The fraction of sp³-hybridized carbons (Fsp3) is 0.833. The molecule has 0 rings (SSSR count). The third-order valence-electron chi connectivity index (χ3n) is 2.54. The molecule has 0 aromatic rings. The van der Waals surface area contributed by atoms with Crippen LogP contribution in [0.2, 0.25) is 0 Å². The van der Waals surface area contributed by atoms with Crippen LogP contribution in [0.15, 0.2) is 0 Å². The van der Waals surface area contributed by atoms with Gasteiger partial charge < -0.3 is 10.2 Å². The molecule has 4 nitrogen and oxygen atoms in total. The smallest absolute Gasteiger partial charge is 0.238 e. The van der Waals surface area contributed by atoms with E-state index in [2.05, 4.69) is 11.4 Å². The van der Waals surface area contributed by atoms with Crippen LogP contribution in [0.1, 0.15) is 33.6 Å². The van der Waals surface area contributed by atoms with Gasteiger partial charge in [-0.25, -0.2) is 0 Å². The third kappa shape index (κ3) is 5.72. The van der Waals surface area contributed by atoms with E-state index in [4.69, 9.17) is 5.26 Å². The Balaban J connectivity index is 3.76. The molecule has 1 N–H and O–H groups in total. The fourth-order valence-corrected chi connectivity index (χ4v) is 1.38. The summed E-state index contributed by atoms with van der Waals surface area (Å²) in [5.74, 6) is 0.0829. The van der Waals surface area contributed by atoms with Crippen molar-refractivity contribution in [3.05, 3.63) is 0 Å². The maximum absolute atomic E-state index is 11.5. The molecule has 0 radical (unpaired) electrons. The highest BCUT2D eigenvalue weighted by Crippen LogP contribution is 2.19. The lowest BCUT2D eigenvalue weighted by atomic mass is 9.90. The van der Waals surface area contributed by atoms with Crippen molar-refractivity contribution in [2.24, 2.45) is 5.41 Å². The summed E-state index contributed by atoms with van der Waals surface area (Å²) >= 11 is 0. The molecule has 1 amide bonds. The van der Waals surface area contributed by atoms with Gasteiger partial charge in [0.25, 0.3) is 0 Å². The molecule has 0 aromatic carbocycles. The van der Waals surface area contributed by atoms with Crippen LogP contribution >= 0.6 is 0 Å². The van der Waals surface area contributed by atoms with E-state index in [9.17, 15) is 4.79 Å². The fourth-order valence-electron chi connectivity index (χ4n) is 1.38. The average molecular weight is 225 g/mol. The predicted octanol–water partition coefficient (Wildman–Crippen LogP) is 1.38. The summed E-state index contributed by atoms with van der Waals surface area (Å²) in [7, 11) is 3.50. The summed E-state index contributed by atoms with van der Waals surface area (Å²) < 4.78 is 0. The monoisotopic (exact) mass is 225 g/mol. The van der Waals surface area contributed by atoms with Gasteiger partial charge in [-0.3, -0.25) is 4.79 Å². The highest BCUT2D eigenvalue weighted by molar-refractivity contribution is 5.80. The number of likely N-dealkylation sites (N-methyl/N-ethyl adjacent to an activating group) is 1. The molecule has 16 heavy (non-hydrogen) atoms. The Morgan fingerprint density at radius 1 is 1.50 bits per heavy atom. The summed E-state index contributed by atoms with van der Waals surface area (Å²) in [6.45, 7) is 6.49. The number of hydrogen-bond donors (Lipinski definition) is 1. The van der Waals surface area contributed by atoms with Gasteiger partial charge in [0.1, 0.15) is 0 Å². The van der Waals surface area contributed by atoms with Crippen molar-refractivity contribution < 1.29 is 4.79 Å². The Morgan fingerprint density at radius 2 is 2.06 bits per heavy atom. The zero-order valence-corrected chi connectivity index (χ0v) is 11.0. The first-order chi connectivity index (χ1) is 7.30. The first-order valence-electron chi connectivity index (χ1n) is 5.66. The molecule has 0 heterocycles. The van der Waals surface area contributed by atoms with Gasteiger partial charge in [-0.2, -0.15) is 5.26 Å². The minimum absolute atomic E-state index is 0.0829. The predicted molar refractivity (Wildman–Crippen MR) is 64.8 cm³/mol. The zero-order valence-electron chi connectivity index (χ0n) is 11.0. The number of carbonyl (C=O) groups is 1. The van der Waals surface area contributed by atoms with Gasteiger partial charge in [-0.15, -0.1) is 0 Å². The van der Waals surface area contributed by atoms with Crippen molar-refractivity contribution in [1.29, 1.82) is 5.26 Å². The molecular formula is C12H23N3O. The SMILES string of the molecule is CC(NCCCC(C)(C)C#N)C(=O)N(C)C. The molecule has 92 valence electrons. The van der Waals surface area contributed by atoms with Crippen LogP contribution in [0.3, 0.4) is 0 Å². The lowest BCUT2D eigenvalue weighted by Gasteiger charge is -2.19. The van der Waals surface area contributed by atoms with Crippen LogP contribution in [-0.2, 0) is 4.79 Å². The van der Waals surface area contributed by atoms with E-state index in [1.165, 1.54) is 0 Å². The van der Waals surface area contributed by atoms with Crippen LogP contribution in [0.4, 0.5) is 0 Å². The third-order valence-corrected chi connectivity index (χ3v) is 2.54. The summed E-state index contributed by atoms with van der Waals surface area (Å²) in [6, 6.07) is 2.11. The lowest BCUT2D eigenvalue weighted by molar-refractivity contribution is -0.130. The van der Waals surface area contributed by atoms with E-state index in [1.54, 1.807) is 19.0 Å². The van der Waals surface area contributed by atoms with Gasteiger partial charge in [-0.05, 0) is 40.2 Å². The maximum atomic E-state index is 11.5. The zero-order chi connectivity index (χ0) is 12.8. The molecule has 0 aliphatic rings. The lowest BCUT2D eigenvalue weighted by Crippen LogP contribution is -2.41. The van der Waals surface area contributed by atoms with Crippen molar-refractivity contribution in [1.82, 2.24) is 10.2 Å². The van der Waals surface area contributed by atoms with Crippen LogP contribution in [-0.4, -0.2) is 37.5 Å². The number of amides is 1. The Morgan fingerprint density at radius 3 is 2.50 bits per heavy atom. The second kappa shape index (κ2) is 6.49. The summed E-state index contributed by atoms with van der Waals surface area (Å²) in [5.41, 5.74) is -0.267. The van der Waals surface area contributed by atoms with Gasteiger partial charge in [0.15, 0.2) is 0 Å². The molecule has 4 heteroatoms. The number of nitriles is 1.